The molecule has 6 heteroatoms. The highest BCUT2D eigenvalue weighted by molar-refractivity contribution is 6.34. The van der Waals surface area contributed by atoms with Crippen molar-refractivity contribution in [1.29, 1.82) is 0 Å². The average Bonchev–Trinajstić information content (AvgIpc) is 2.38. The van der Waals surface area contributed by atoms with Gasteiger partial charge in [0.25, 0.3) is 0 Å². The zero-order valence-corrected chi connectivity index (χ0v) is 11.7. The first kappa shape index (κ1) is 15.5. The van der Waals surface area contributed by atoms with Crippen LogP contribution in [0.1, 0.15) is 30.6 Å². The molecule has 0 heterocycles. The molecule has 104 valence electrons. The van der Waals surface area contributed by atoms with Gasteiger partial charge in [0.2, 0.25) is 11.8 Å². The smallest absolute Gasteiger partial charge is 0.248 e. The second-order valence-corrected chi connectivity index (χ2v) is 4.87. The minimum Gasteiger partial charge on any atom is -0.366 e. The van der Waals surface area contributed by atoms with Gasteiger partial charge in [-0.1, -0.05) is 31.9 Å². The fourth-order valence-corrected chi connectivity index (χ4v) is 1.67. The van der Waals surface area contributed by atoms with Crippen LogP contribution in [-0.4, -0.2) is 17.9 Å². The number of amides is 2. The maximum absolute atomic E-state index is 11.9. The largest absolute Gasteiger partial charge is 0.366 e. The van der Waals surface area contributed by atoms with Crippen molar-refractivity contribution in [2.45, 2.75) is 26.3 Å². The zero-order chi connectivity index (χ0) is 14.6. The molecular weight excluding hydrogens is 266 g/mol. The number of primary amides is 1. The molecule has 1 aromatic rings. The molecular formula is C13H18ClN3O2. The molecule has 0 radical (unpaired) electrons. The molecule has 19 heavy (non-hydrogen) atoms. The molecule has 2 amide bonds. The number of carbonyl (C=O) groups is 2. The fourth-order valence-electron chi connectivity index (χ4n) is 1.50. The molecule has 1 rings (SSSR count). The van der Waals surface area contributed by atoms with Gasteiger partial charge in [-0.25, -0.2) is 0 Å². The SMILES string of the molecule is CC[C@H](C)[C@H](N)C(=O)Nc1cc(C(N)=O)ccc1Cl. The van der Waals surface area contributed by atoms with Gasteiger partial charge in [-0.05, 0) is 24.1 Å². The number of nitrogens with one attached hydrogen (secondary N) is 1. The zero-order valence-electron chi connectivity index (χ0n) is 10.9. The van der Waals surface area contributed by atoms with Crippen LogP contribution in [0.15, 0.2) is 18.2 Å². The van der Waals surface area contributed by atoms with Crippen LogP contribution in [0, 0.1) is 5.92 Å². The molecule has 0 fully saturated rings. The Hall–Kier alpha value is -1.59. The lowest BCUT2D eigenvalue weighted by Gasteiger charge is -2.18. The van der Waals surface area contributed by atoms with Gasteiger partial charge in [0.15, 0.2) is 0 Å². The Morgan fingerprint density at radius 3 is 2.58 bits per heavy atom. The monoisotopic (exact) mass is 283 g/mol. The van der Waals surface area contributed by atoms with Crippen LogP contribution in [-0.2, 0) is 4.79 Å². The van der Waals surface area contributed by atoms with Gasteiger partial charge in [0, 0.05) is 5.56 Å². The minimum absolute atomic E-state index is 0.0538. The van der Waals surface area contributed by atoms with Crippen molar-refractivity contribution in [3.05, 3.63) is 28.8 Å². The predicted molar refractivity (Wildman–Crippen MR) is 76.0 cm³/mol. The Morgan fingerprint density at radius 1 is 1.42 bits per heavy atom. The minimum atomic E-state index is -0.627. The quantitative estimate of drug-likeness (QED) is 0.768. The number of anilines is 1. The molecule has 1 aromatic carbocycles. The third-order valence-corrected chi connectivity index (χ3v) is 3.40. The summed E-state index contributed by atoms with van der Waals surface area (Å²) in [5, 5.41) is 2.95. The summed E-state index contributed by atoms with van der Waals surface area (Å²) >= 11 is 5.96. The number of benzene rings is 1. The standard InChI is InChI=1S/C13H18ClN3O2/c1-3-7(2)11(15)13(19)17-10-6-8(12(16)18)4-5-9(10)14/h4-7,11H,3,15H2,1-2H3,(H2,16,18)(H,17,19)/t7-,11-/m0/s1. The van der Waals surface area contributed by atoms with Crippen LogP contribution in [0.25, 0.3) is 0 Å². The third kappa shape index (κ3) is 3.94. The van der Waals surface area contributed by atoms with Crippen molar-refractivity contribution in [1.82, 2.24) is 0 Å². The predicted octanol–water partition coefficient (Wildman–Crippen LogP) is 1.75. The van der Waals surface area contributed by atoms with Crippen molar-refractivity contribution >= 4 is 29.1 Å². The van der Waals surface area contributed by atoms with Crippen LogP contribution < -0.4 is 16.8 Å². The Kier molecular flexibility index (Phi) is 5.32. The number of rotatable bonds is 5. The molecule has 0 bridgehead atoms. The van der Waals surface area contributed by atoms with Crippen LogP contribution in [0.2, 0.25) is 5.02 Å². The highest BCUT2D eigenvalue weighted by Crippen LogP contribution is 2.23. The molecule has 0 aliphatic carbocycles. The maximum atomic E-state index is 11.9. The summed E-state index contributed by atoms with van der Waals surface area (Å²) in [7, 11) is 0. The fraction of sp³-hybridized carbons (Fsp3) is 0.385. The molecule has 2 atom stereocenters. The van der Waals surface area contributed by atoms with E-state index >= 15 is 0 Å². The van der Waals surface area contributed by atoms with Crippen molar-refractivity contribution in [2.75, 3.05) is 5.32 Å². The van der Waals surface area contributed by atoms with Gasteiger partial charge < -0.3 is 16.8 Å². The second-order valence-electron chi connectivity index (χ2n) is 4.46. The second kappa shape index (κ2) is 6.54. The van der Waals surface area contributed by atoms with Crippen LogP contribution in [0.3, 0.4) is 0 Å². The van der Waals surface area contributed by atoms with E-state index < -0.39 is 11.9 Å². The highest BCUT2D eigenvalue weighted by Gasteiger charge is 2.20. The van der Waals surface area contributed by atoms with E-state index in [9.17, 15) is 9.59 Å². The number of hydrogen-bond acceptors (Lipinski definition) is 3. The van der Waals surface area contributed by atoms with Crippen LogP contribution in [0.5, 0.6) is 0 Å². The summed E-state index contributed by atoms with van der Waals surface area (Å²) in [6.07, 6.45) is 0.795. The molecule has 0 unspecified atom stereocenters. The highest BCUT2D eigenvalue weighted by atomic mass is 35.5. The molecule has 0 saturated carbocycles. The summed E-state index contributed by atoms with van der Waals surface area (Å²) < 4.78 is 0. The van der Waals surface area contributed by atoms with E-state index in [2.05, 4.69) is 5.32 Å². The Bertz CT molecular complexity index is 491. The first-order valence-electron chi connectivity index (χ1n) is 6.02. The Morgan fingerprint density at radius 2 is 2.05 bits per heavy atom. The van der Waals surface area contributed by atoms with Gasteiger partial charge in [-0.2, -0.15) is 0 Å². The van der Waals surface area contributed by atoms with Crippen LogP contribution in [0.4, 0.5) is 5.69 Å². The summed E-state index contributed by atoms with van der Waals surface area (Å²) in [5.74, 6) is -0.866. The molecule has 0 aliphatic rings. The van der Waals surface area contributed by atoms with E-state index in [1.54, 1.807) is 0 Å². The first-order chi connectivity index (χ1) is 8.86. The lowest BCUT2D eigenvalue weighted by Crippen LogP contribution is -2.40. The molecule has 0 aromatic heterocycles. The van der Waals surface area contributed by atoms with Crippen molar-refractivity contribution < 1.29 is 9.59 Å². The van der Waals surface area contributed by atoms with Crippen LogP contribution >= 0.6 is 11.6 Å². The van der Waals surface area contributed by atoms with E-state index in [4.69, 9.17) is 23.1 Å². The average molecular weight is 284 g/mol. The van der Waals surface area contributed by atoms with E-state index in [1.165, 1.54) is 18.2 Å². The lowest BCUT2D eigenvalue weighted by atomic mass is 9.99. The van der Waals surface area contributed by atoms with Gasteiger partial charge in [0.05, 0.1) is 16.8 Å². The lowest BCUT2D eigenvalue weighted by molar-refractivity contribution is -0.118. The van der Waals surface area contributed by atoms with E-state index in [0.29, 0.717) is 10.7 Å². The first-order valence-corrected chi connectivity index (χ1v) is 6.40. The normalized spacial score (nSPS) is 13.7. The molecule has 5 N–H and O–H groups in total. The summed E-state index contributed by atoms with van der Waals surface area (Å²) in [6, 6.07) is 3.81. The molecule has 5 nitrogen and oxygen atoms in total. The third-order valence-electron chi connectivity index (χ3n) is 3.07. The molecule has 0 spiro atoms. The van der Waals surface area contributed by atoms with Gasteiger partial charge in [-0.15, -0.1) is 0 Å². The Balaban J connectivity index is 2.90. The summed E-state index contributed by atoms with van der Waals surface area (Å²) in [6.45, 7) is 3.85. The topological polar surface area (TPSA) is 98.2 Å². The summed E-state index contributed by atoms with van der Waals surface area (Å²) in [5.41, 5.74) is 11.6. The van der Waals surface area contributed by atoms with Crippen molar-refractivity contribution in [3.8, 4) is 0 Å². The number of halogens is 1. The van der Waals surface area contributed by atoms with E-state index in [-0.39, 0.29) is 17.4 Å². The van der Waals surface area contributed by atoms with Crippen molar-refractivity contribution in [3.63, 3.8) is 0 Å². The van der Waals surface area contributed by atoms with E-state index in [0.717, 1.165) is 6.42 Å². The number of nitrogens with two attached hydrogens (primary N) is 2. The van der Waals surface area contributed by atoms with Gasteiger partial charge in [0.1, 0.15) is 0 Å². The van der Waals surface area contributed by atoms with Gasteiger partial charge >= 0.3 is 0 Å². The van der Waals surface area contributed by atoms with Gasteiger partial charge in [-0.3, -0.25) is 9.59 Å². The van der Waals surface area contributed by atoms with E-state index in [1.807, 2.05) is 13.8 Å². The molecule has 0 saturated heterocycles. The summed E-state index contributed by atoms with van der Waals surface area (Å²) in [4.78, 5) is 23.0. The van der Waals surface area contributed by atoms with Crippen molar-refractivity contribution in [2.24, 2.45) is 17.4 Å². The number of carbonyl (C=O) groups excluding carboxylic acids is 2. The maximum Gasteiger partial charge on any atom is 0.248 e. The number of hydrogen-bond donors (Lipinski definition) is 3. The molecule has 0 aliphatic heterocycles. The Labute approximate surface area is 117 Å².